The zero-order chi connectivity index (χ0) is 13.2. The predicted octanol–water partition coefficient (Wildman–Crippen LogP) is 2.72. The van der Waals surface area contributed by atoms with E-state index < -0.39 is 0 Å². The fourth-order valence-corrected chi connectivity index (χ4v) is 3.34. The number of hydrogen-bond donors (Lipinski definition) is 2. The number of nitrogens with one attached hydrogen (secondary N) is 1. The summed E-state index contributed by atoms with van der Waals surface area (Å²) in [5, 5.41) is 12.6. The first-order valence-electron chi connectivity index (χ1n) is 6.22. The molecule has 1 atom stereocenters. The van der Waals surface area contributed by atoms with Crippen molar-refractivity contribution in [2.75, 3.05) is 12.3 Å². The van der Waals surface area contributed by atoms with Crippen LogP contribution in [0.4, 0.5) is 0 Å². The average molecular weight is 265 g/mol. The highest BCUT2D eigenvalue weighted by atomic mass is 32.2. The van der Waals surface area contributed by atoms with Crippen LogP contribution >= 0.6 is 11.8 Å². The van der Waals surface area contributed by atoms with Crippen molar-refractivity contribution in [3.05, 3.63) is 29.3 Å². The van der Waals surface area contributed by atoms with Crippen molar-refractivity contribution in [3.63, 3.8) is 0 Å². The Morgan fingerprint density at radius 3 is 2.94 bits per heavy atom. The zero-order valence-electron chi connectivity index (χ0n) is 10.8. The van der Waals surface area contributed by atoms with Crippen molar-refractivity contribution in [1.82, 2.24) is 5.32 Å². The van der Waals surface area contributed by atoms with E-state index in [0.717, 1.165) is 12.0 Å². The molecule has 2 N–H and O–H groups in total. The molecule has 4 heteroatoms. The summed E-state index contributed by atoms with van der Waals surface area (Å²) in [7, 11) is 0. The van der Waals surface area contributed by atoms with Crippen molar-refractivity contribution < 1.29 is 9.90 Å². The number of phenolic OH excluding ortho intramolecular Hbond substituents is 1. The highest BCUT2D eigenvalue weighted by molar-refractivity contribution is 8.00. The Hall–Kier alpha value is -1.16. The Balaban J connectivity index is 1.97. The SMILES string of the molecule is Cc1ccc(C(=O)NCC2(C)CCCS2)cc1O. The summed E-state index contributed by atoms with van der Waals surface area (Å²) in [4.78, 5) is 12.0. The van der Waals surface area contributed by atoms with Crippen LogP contribution in [0, 0.1) is 6.92 Å². The summed E-state index contributed by atoms with van der Waals surface area (Å²) in [6, 6.07) is 5.03. The molecule has 1 aliphatic heterocycles. The molecule has 1 saturated heterocycles. The topological polar surface area (TPSA) is 49.3 Å². The molecule has 1 unspecified atom stereocenters. The largest absolute Gasteiger partial charge is 0.508 e. The molecule has 98 valence electrons. The van der Waals surface area contributed by atoms with Gasteiger partial charge in [0.15, 0.2) is 0 Å². The molecule has 1 amide bonds. The third-order valence-corrected chi connectivity index (χ3v) is 4.93. The van der Waals surface area contributed by atoms with Crippen LogP contribution in [0.15, 0.2) is 18.2 Å². The van der Waals surface area contributed by atoms with E-state index in [2.05, 4.69) is 12.2 Å². The molecule has 1 aromatic carbocycles. The van der Waals surface area contributed by atoms with Gasteiger partial charge in [-0.3, -0.25) is 4.79 Å². The van der Waals surface area contributed by atoms with E-state index in [1.165, 1.54) is 18.2 Å². The van der Waals surface area contributed by atoms with Crippen LogP contribution in [0.25, 0.3) is 0 Å². The third-order valence-electron chi connectivity index (χ3n) is 3.39. The van der Waals surface area contributed by atoms with Crippen LogP contribution in [-0.4, -0.2) is 28.1 Å². The highest BCUT2D eigenvalue weighted by Gasteiger charge is 2.29. The van der Waals surface area contributed by atoms with E-state index >= 15 is 0 Å². The van der Waals surface area contributed by atoms with Gasteiger partial charge in [0.05, 0.1) is 0 Å². The molecule has 1 aromatic rings. The van der Waals surface area contributed by atoms with E-state index in [0.29, 0.717) is 12.1 Å². The lowest BCUT2D eigenvalue weighted by Gasteiger charge is -2.22. The average Bonchev–Trinajstić information content (AvgIpc) is 2.77. The first kappa shape index (κ1) is 13.3. The van der Waals surface area contributed by atoms with Crippen LogP contribution in [0.2, 0.25) is 0 Å². The molecule has 0 radical (unpaired) electrons. The Morgan fingerprint density at radius 2 is 2.33 bits per heavy atom. The summed E-state index contributed by atoms with van der Waals surface area (Å²) in [6.45, 7) is 4.69. The standard InChI is InChI=1S/C14H19NO2S/c1-10-4-5-11(8-12(10)16)13(17)15-9-14(2)6-3-7-18-14/h4-5,8,16H,3,6-7,9H2,1-2H3,(H,15,17). The molecule has 1 fully saturated rings. The summed E-state index contributed by atoms with van der Waals surface area (Å²) in [6.07, 6.45) is 2.37. The van der Waals surface area contributed by atoms with Crippen molar-refractivity contribution in [2.24, 2.45) is 0 Å². The molecular weight excluding hydrogens is 246 g/mol. The highest BCUT2D eigenvalue weighted by Crippen LogP contribution is 2.37. The first-order chi connectivity index (χ1) is 8.50. The number of aromatic hydroxyl groups is 1. The van der Waals surface area contributed by atoms with Gasteiger partial charge in [0.25, 0.3) is 5.91 Å². The summed E-state index contributed by atoms with van der Waals surface area (Å²) in [5.74, 6) is 1.24. The first-order valence-corrected chi connectivity index (χ1v) is 7.20. The van der Waals surface area contributed by atoms with E-state index in [1.54, 1.807) is 12.1 Å². The molecule has 2 rings (SSSR count). The lowest BCUT2D eigenvalue weighted by atomic mass is 10.1. The van der Waals surface area contributed by atoms with Gasteiger partial charge in [-0.05, 0) is 50.1 Å². The van der Waals surface area contributed by atoms with Gasteiger partial charge in [0, 0.05) is 16.9 Å². The van der Waals surface area contributed by atoms with Crippen LogP contribution in [-0.2, 0) is 0 Å². The monoisotopic (exact) mass is 265 g/mol. The smallest absolute Gasteiger partial charge is 0.251 e. The van der Waals surface area contributed by atoms with E-state index in [-0.39, 0.29) is 16.4 Å². The quantitative estimate of drug-likeness (QED) is 0.883. The lowest BCUT2D eigenvalue weighted by Crippen LogP contribution is -2.36. The Bertz CT molecular complexity index is 453. The fourth-order valence-electron chi connectivity index (χ4n) is 2.10. The van der Waals surface area contributed by atoms with E-state index in [1.807, 2.05) is 18.7 Å². The molecule has 1 aliphatic rings. The molecule has 0 bridgehead atoms. The summed E-state index contributed by atoms with van der Waals surface area (Å²) < 4.78 is 0.169. The molecule has 3 nitrogen and oxygen atoms in total. The maximum absolute atomic E-state index is 12.0. The minimum atomic E-state index is -0.112. The Labute approximate surface area is 112 Å². The Morgan fingerprint density at radius 1 is 1.56 bits per heavy atom. The molecular formula is C14H19NO2S. The normalized spacial score (nSPS) is 23.0. The van der Waals surface area contributed by atoms with Crippen LogP contribution in [0.1, 0.15) is 35.7 Å². The van der Waals surface area contributed by atoms with Gasteiger partial charge in [-0.1, -0.05) is 6.07 Å². The molecule has 0 spiro atoms. The molecule has 18 heavy (non-hydrogen) atoms. The fraction of sp³-hybridized carbons (Fsp3) is 0.500. The van der Waals surface area contributed by atoms with Gasteiger partial charge in [-0.2, -0.15) is 11.8 Å². The zero-order valence-corrected chi connectivity index (χ0v) is 11.6. The number of rotatable bonds is 3. The van der Waals surface area contributed by atoms with Gasteiger partial charge >= 0.3 is 0 Å². The van der Waals surface area contributed by atoms with Crippen LogP contribution < -0.4 is 5.32 Å². The van der Waals surface area contributed by atoms with E-state index in [9.17, 15) is 9.90 Å². The molecule has 0 aliphatic carbocycles. The second-order valence-corrected chi connectivity index (χ2v) is 6.77. The van der Waals surface area contributed by atoms with Gasteiger partial charge < -0.3 is 10.4 Å². The summed E-state index contributed by atoms with van der Waals surface area (Å²) in [5.41, 5.74) is 1.30. The number of benzene rings is 1. The number of carbonyl (C=O) groups is 1. The predicted molar refractivity (Wildman–Crippen MR) is 75.3 cm³/mol. The number of hydrogen-bond acceptors (Lipinski definition) is 3. The van der Waals surface area contributed by atoms with Gasteiger partial charge in [-0.15, -0.1) is 0 Å². The van der Waals surface area contributed by atoms with Crippen molar-refractivity contribution >= 4 is 17.7 Å². The second kappa shape index (κ2) is 5.22. The molecule has 1 heterocycles. The molecule has 0 aromatic heterocycles. The number of aryl methyl sites for hydroxylation is 1. The van der Waals surface area contributed by atoms with Gasteiger partial charge in [-0.25, -0.2) is 0 Å². The Kier molecular flexibility index (Phi) is 3.85. The number of thioether (sulfide) groups is 1. The maximum Gasteiger partial charge on any atom is 0.251 e. The second-order valence-electron chi connectivity index (χ2n) is 5.09. The number of amides is 1. The van der Waals surface area contributed by atoms with Gasteiger partial charge in [0.1, 0.15) is 5.75 Å². The summed E-state index contributed by atoms with van der Waals surface area (Å²) >= 11 is 1.92. The van der Waals surface area contributed by atoms with Crippen molar-refractivity contribution in [3.8, 4) is 5.75 Å². The van der Waals surface area contributed by atoms with Crippen LogP contribution in [0.5, 0.6) is 5.75 Å². The number of carbonyl (C=O) groups excluding carboxylic acids is 1. The van der Waals surface area contributed by atoms with Crippen molar-refractivity contribution in [2.45, 2.75) is 31.4 Å². The van der Waals surface area contributed by atoms with Crippen molar-refractivity contribution in [1.29, 1.82) is 0 Å². The van der Waals surface area contributed by atoms with Crippen LogP contribution in [0.3, 0.4) is 0 Å². The molecule has 0 saturated carbocycles. The number of phenols is 1. The third kappa shape index (κ3) is 2.99. The van der Waals surface area contributed by atoms with E-state index in [4.69, 9.17) is 0 Å². The lowest BCUT2D eigenvalue weighted by molar-refractivity contribution is 0.0949. The minimum absolute atomic E-state index is 0.112. The van der Waals surface area contributed by atoms with Gasteiger partial charge in [0.2, 0.25) is 0 Å². The minimum Gasteiger partial charge on any atom is -0.508 e. The maximum atomic E-state index is 12.0.